The Morgan fingerprint density at radius 1 is 0.933 bits per heavy atom. The minimum absolute atomic E-state index is 0.187. The van der Waals surface area contributed by atoms with Gasteiger partial charge in [-0.25, -0.2) is 8.42 Å². The Bertz CT molecular complexity index is 1110. The smallest absolute Gasteiger partial charge is 0.251 e. The number of aryl methyl sites for hydroxylation is 2. The van der Waals surface area contributed by atoms with Crippen LogP contribution < -0.4 is 9.62 Å². The molecule has 30 heavy (non-hydrogen) atoms. The molecule has 0 unspecified atom stereocenters. The lowest BCUT2D eigenvalue weighted by Crippen LogP contribution is -2.30. The summed E-state index contributed by atoms with van der Waals surface area (Å²) in [6.45, 7) is 4.41. The van der Waals surface area contributed by atoms with Crippen LogP contribution in [0.5, 0.6) is 0 Å². The molecule has 0 saturated carbocycles. The summed E-state index contributed by atoms with van der Waals surface area (Å²) in [6.07, 6.45) is 4.57. The van der Waals surface area contributed by atoms with Crippen molar-refractivity contribution in [3.8, 4) is 0 Å². The molecule has 0 aliphatic rings. The predicted molar refractivity (Wildman–Crippen MR) is 119 cm³/mol. The van der Waals surface area contributed by atoms with Gasteiger partial charge in [0.1, 0.15) is 0 Å². The Balaban J connectivity index is 1.75. The van der Waals surface area contributed by atoms with Crippen LogP contribution >= 0.6 is 0 Å². The summed E-state index contributed by atoms with van der Waals surface area (Å²) >= 11 is 0. The second kappa shape index (κ2) is 9.09. The summed E-state index contributed by atoms with van der Waals surface area (Å²) in [5, 5.41) is 2.87. The average Bonchev–Trinajstić information content (AvgIpc) is 2.71. The number of nitrogens with zero attached hydrogens (tertiary/aromatic N) is 2. The first-order valence-electron chi connectivity index (χ1n) is 9.55. The van der Waals surface area contributed by atoms with Crippen molar-refractivity contribution >= 4 is 21.6 Å². The van der Waals surface area contributed by atoms with E-state index in [2.05, 4.69) is 10.3 Å². The number of carbonyl (C=O) groups excluding carboxylic acids is 1. The number of pyridine rings is 1. The maximum atomic E-state index is 12.5. The lowest BCUT2D eigenvalue weighted by molar-refractivity contribution is 0.0951. The Kier molecular flexibility index (Phi) is 6.52. The standard InChI is InChI=1S/C23H25N3O3S/c1-17-5-4-6-18(2)22(17)26(30(3,28)29)16-20-7-9-21(10-8-20)23(27)25-15-19-11-13-24-14-12-19/h4-14H,15-16H2,1-3H3,(H,25,27). The molecule has 1 aromatic heterocycles. The van der Waals surface area contributed by atoms with E-state index in [0.29, 0.717) is 17.8 Å². The number of nitrogens with one attached hydrogen (secondary N) is 1. The highest BCUT2D eigenvalue weighted by atomic mass is 32.2. The molecule has 6 nitrogen and oxygen atoms in total. The number of hydrogen-bond acceptors (Lipinski definition) is 4. The van der Waals surface area contributed by atoms with E-state index in [-0.39, 0.29) is 12.5 Å². The molecule has 3 rings (SSSR count). The van der Waals surface area contributed by atoms with E-state index < -0.39 is 10.0 Å². The topological polar surface area (TPSA) is 79.4 Å². The van der Waals surface area contributed by atoms with Crippen LogP contribution in [-0.2, 0) is 23.1 Å². The second-order valence-corrected chi connectivity index (χ2v) is 9.15. The van der Waals surface area contributed by atoms with Crippen LogP contribution in [0, 0.1) is 13.8 Å². The monoisotopic (exact) mass is 423 g/mol. The molecule has 7 heteroatoms. The van der Waals surface area contributed by atoms with Crippen LogP contribution in [-0.4, -0.2) is 25.6 Å². The first-order chi connectivity index (χ1) is 14.3. The van der Waals surface area contributed by atoms with Gasteiger partial charge in [0.25, 0.3) is 5.91 Å². The van der Waals surface area contributed by atoms with Crippen LogP contribution in [0.1, 0.15) is 32.6 Å². The van der Waals surface area contributed by atoms with Crippen LogP contribution in [0.2, 0.25) is 0 Å². The molecule has 1 amide bonds. The fraction of sp³-hybridized carbons (Fsp3) is 0.217. The van der Waals surface area contributed by atoms with Gasteiger partial charge in [0.05, 0.1) is 18.5 Å². The van der Waals surface area contributed by atoms with E-state index in [0.717, 1.165) is 22.3 Å². The quantitative estimate of drug-likeness (QED) is 0.630. The van der Waals surface area contributed by atoms with Gasteiger partial charge in [0.2, 0.25) is 10.0 Å². The zero-order valence-corrected chi connectivity index (χ0v) is 18.1. The zero-order valence-electron chi connectivity index (χ0n) is 17.3. The molecular formula is C23H25N3O3S. The summed E-state index contributed by atoms with van der Waals surface area (Å²) in [5.41, 5.74) is 4.77. The molecule has 3 aromatic rings. The van der Waals surface area contributed by atoms with E-state index in [1.54, 1.807) is 36.7 Å². The number of hydrogen-bond donors (Lipinski definition) is 1. The van der Waals surface area contributed by atoms with E-state index >= 15 is 0 Å². The first kappa shape index (κ1) is 21.5. The van der Waals surface area contributed by atoms with Gasteiger partial charge in [0, 0.05) is 24.5 Å². The summed E-state index contributed by atoms with van der Waals surface area (Å²) in [7, 11) is -3.48. The molecule has 156 valence electrons. The number of para-hydroxylation sites is 1. The van der Waals surface area contributed by atoms with Gasteiger partial charge < -0.3 is 5.32 Å². The second-order valence-electron chi connectivity index (χ2n) is 7.25. The van der Waals surface area contributed by atoms with E-state index in [4.69, 9.17) is 0 Å². The maximum Gasteiger partial charge on any atom is 0.251 e. The predicted octanol–water partition coefficient (Wildman–Crippen LogP) is 3.59. The van der Waals surface area contributed by atoms with E-state index in [1.165, 1.54) is 10.6 Å². The number of sulfonamides is 1. The average molecular weight is 424 g/mol. The van der Waals surface area contributed by atoms with Gasteiger partial charge in [-0.1, -0.05) is 30.3 Å². The van der Waals surface area contributed by atoms with Crippen molar-refractivity contribution in [1.82, 2.24) is 10.3 Å². The molecule has 1 N–H and O–H groups in total. The van der Waals surface area contributed by atoms with E-state index in [1.807, 2.05) is 44.2 Å². The highest BCUT2D eigenvalue weighted by Gasteiger charge is 2.21. The number of rotatable bonds is 7. The fourth-order valence-electron chi connectivity index (χ4n) is 3.27. The van der Waals surface area contributed by atoms with Gasteiger partial charge in [-0.05, 0) is 60.4 Å². The van der Waals surface area contributed by atoms with Gasteiger partial charge in [-0.2, -0.15) is 0 Å². The largest absolute Gasteiger partial charge is 0.348 e. The summed E-state index contributed by atoms with van der Waals surface area (Å²) in [5.74, 6) is -0.187. The van der Waals surface area contributed by atoms with Gasteiger partial charge in [0.15, 0.2) is 0 Å². The minimum Gasteiger partial charge on any atom is -0.348 e. The molecule has 0 atom stereocenters. The molecule has 0 aliphatic carbocycles. The van der Waals surface area contributed by atoms with Crippen molar-refractivity contribution in [3.05, 3.63) is 94.8 Å². The fourth-order valence-corrected chi connectivity index (χ4v) is 4.28. The van der Waals surface area contributed by atoms with Crippen molar-refractivity contribution < 1.29 is 13.2 Å². The Morgan fingerprint density at radius 2 is 1.53 bits per heavy atom. The third kappa shape index (κ3) is 5.24. The lowest BCUT2D eigenvalue weighted by Gasteiger charge is -2.26. The van der Waals surface area contributed by atoms with Crippen LogP contribution in [0.25, 0.3) is 0 Å². The van der Waals surface area contributed by atoms with Crippen molar-refractivity contribution in [3.63, 3.8) is 0 Å². The molecule has 0 bridgehead atoms. The molecule has 0 fully saturated rings. The van der Waals surface area contributed by atoms with Crippen LogP contribution in [0.15, 0.2) is 67.0 Å². The number of amides is 1. The van der Waals surface area contributed by atoms with Gasteiger partial charge in [-0.3, -0.25) is 14.1 Å². The molecule has 0 spiro atoms. The van der Waals surface area contributed by atoms with Gasteiger partial charge >= 0.3 is 0 Å². The SMILES string of the molecule is Cc1cccc(C)c1N(Cc1ccc(C(=O)NCc2ccncc2)cc1)S(C)(=O)=O. The van der Waals surface area contributed by atoms with E-state index in [9.17, 15) is 13.2 Å². The molecule has 0 aliphatic heterocycles. The normalized spacial score (nSPS) is 11.2. The third-order valence-corrected chi connectivity index (χ3v) is 5.95. The summed E-state index contributed by atoms with van der Waals surface area (Å²) < 4.78 is 26.4. The Hall–Kier alpha value is -3.19. The molecule has 1 heterocycles. The number of anilines is 1. The van der Waals surface area contributed by atoms with Crippen LogP contribution in [0.4, 0.5) is 5.69 Å². The molecule has 2 aromatic carbocycles. The third-order valence-electron chi connectivity index (χ3n) is 4.83. The molecule has 0 saturated heterocycles. The van der Waals surface area contributed by atoms with Crippen molar-refractivity contribution in [2.24, 2.45) is 0 Å². The lowest BCUT2D eigenvalue weighted by atomic mass is 10.1. The molecule has 0 radical (unpaired) electrons. The highest BCUT2D eigenvalue weighted by molar-refractivity contribution is 7.92. The zero-order chi connectivity index (χ0) is 21.7. The number of benzene rings is 2. The first-order valence-corrected chi connectivity index (χ1v) is 11.4. The van der Waals surface area contributed by atoms with Crippen molar-refractivity contribution in [2.75, 3.05) is 10.6 Å². The van der Waals surface area contributed by atoms with Crippen molar-refractivity contribution in [2.45, 2.75) is 26.9 Å². The molecular weight excluding hydrogens is 398 g/mol. The maximum absolute atomic E-state index is 12.5. The summed E-state index contributed by atoms with van der Waals surface area (Å²) in [6, 6.07) is 16.4. The minimum atomic E-state index is -3.48. The Labute approximate surface area is 177 Å². The number of carbonyl (C=O) groups is 1. The highest BCUT2D eigenvalue weighted by Crippen LogP contribution is 2.28. The van der Waals surface area contributed by atoms with Crippen molar-refractivity contribution in [1.29, 1.82) is 0 Å². The Morgan fingerprint density at radius 3 is 2.10 bits per heavy atom. The summed E-state index contributed by atoms with van der Waals surface area (Å²) in [4.78, 5) is 16.3. The number of aromatic nitrogens is 1. The van der Waals surface area contributed by atoms with Crippen LogP contribution in [0.3, 0.4) is 0 Å². The van der Waals surface area contributed by atoms with Gasteiger partial charge in [-0.15, -0.1) is 0 Å².